The molecule has 2 fully saturated rings. The number of aromatic amines is 1. The fourth-order valence-corrected chi connectivity index (χ4v) is 9.20. The van der Waals surface area contributed by atoms with Gasteiger partial charge in [-0.1, -0.05) is 63.2 Å². The molecule has 14 heteroatoms. The third-order valence-corrected chi connectivity index (χ3v) is 12.7. The Labute approximate surface area is 349 Å². The fraction of sp³-hybridized carbons (Fsp3) is 0.304. The molecule has 60 heavy (non-hydrogen) atoms. The van der Waals surface area contributed by atoms with E-state index in [1.807, 2.05) is 18.2 Å². The van der Waals surface area contributed by atoms with Crippen molar-refractivity contribution in [2.75, 3.05) is 36.5 Å². The number of nitrogens with one attached hydrogen (secondary N) is 3. The molecule has 310 valence electrons. The molecule has 0 radical (unpaired) electrons. The molecule has 3 N–H and O–H groups in total. The Hall–Kier alpha value is -6.25. The number of hydrogen-bond acceptors (Lipinski definition) is 10. The van der Waals surface area contributed by atoms with Crippen molar-refractivity contribution in [3.63, 3.8) is 0 Å². The number of carbonyl (C=O) groups is 1. The fourth-order valence-electron chi connectivity index (χ4n) is 8.21. The van der Waals surface area contributed by atoms with E-state index in [9.17, 15) is 23.3 Å². The van der Waals surface area contributed by atoms with Crippen LogP contribution in [0.4, 0.5) is 17.1 Å². The Bertz CT molecular complexity index is 2650. The molecule has 2 aromatic heterocycles. The Balaban J connectivity index is 1.06. The van der Waals surface area contributed by atoms with Crippen LogP contribution < -0.4 is 19.7 Å². The standard InChI is InChI=1S/C46H48N6O7S/c1-46(2,3)39-8-5-4-7-37(39)41-9-6-22-51(41)34-13-10-31(11-14-34)32-12-16-38(43(26-32)59-35-25-33-18-21-47-44(33)49-29-35)45(53)50-60(56,57)36-15-17-40(42(27-36)52(54)55)48-28-30-19-23-58-24-20-30/h4-5,7-8,10-18,21,25-27,29-30,41,48H,6,9,19-20,22-24,28H2,1-3H3,(H,47,49)(H,50,53). The number of H-pyrrole nitrogens is 1. The lowest BCUT2D eigenvalue weighted by Gasteiger charge is -2.32. The molecule has 6 aromatic rings. The highest BCUT2D eigenvalue weighted by Crippen LogP contribution is 2.41. The van der Waals surface area contributed by atoms with E-state index < -0.39 is 31.4 Å². The number of benzene rings is 4. The summed E-state index contributed by atoms with van der Waals surface area (Å²) in [5, 5.41) is 15.9. The molecule has 1 amide bonds. The average Bonchev–Trinajstić information content (AvgIpc) is 3.93. The van der Waals surface area contributed by atoms with Crippen LogP contribution in [0.2, 0.25) is 0 Å². The number of aromatic nitrogens is 2. The first-order valence-corrected chi connectivity index (χ1v) is 21.7. The van der Waals surface area contributed by atoms with Gasteiger partial charge in [-0.2, -0.15) is 0 Å². The summed E-state index contributed by atoms with van der Waals surface area (Å²) in [5.41, 5.74) is 5.79. The van der Waals surface area contributed by atoms with Crippen LogP contribution in [0.3, 0.4) is 0 Å². The molecule has 2 saturated heterocycles. The van der Waals surface area contributed by atoms with Gasteiger partial charge in [-0.15, -0.1) is 0 Å². The number of nitro benzene ring substituents is 1. The van der Waals surface area contributed by atoms with Crippen LogP contribution >= 0.6 is 0 Å². The maximum absolute atomic E-state index is 13.9. The van der Waals surface area contributed by atoms with Crippen LogP contribution in [0.25, 0.3) is 22.2 Å². The molecule has 0 bridgehead atoms. The number of nitro groups is 1. The van der Waals surface area contributed by atoms with Crippen molar-refractivity contribution in [2.45, 2.75) is 62.8 Å². The van der Waals surface area contributed by atoms with Gasteiger partial charge in [-0.3, -0.25) is 14.9 Å². The minimum Gasteiger partial charge on any atom is -0.455 e. The molecule has 13 nitrogen and oxygen atoms in total. The van der Waals surface area contributed by atoms with Crippen LogP contribution in [-0.4, -0.2) is 55.5 Å². The van der Waals surface area contributed by atoms with Crippen LogP contribution in [-0.2, 0) is 20.2 Å². The first-order valence-electron chi connectivity index (χ1n) is 20.2. The minimum absolute atomic E-state index is 0.0136. The quantitative estimate of drug-likeness (QED) is 0.0798. The predicted octanol–water partition coefficient (Wildman–Crippen LogP) is 9.53. The van der Waals surface area contributed by atoms with E-state index in [0.29, 0.717) is 31.2 Å². The Morgan fingerprint density at radius 1 is 0.967 bits per heavy atom. The highest BCUT2D eigenvalue weighted by Gasteiger charge is 2.31. The third kappa shape index (κ3) is 8.70. The van der Waals surface area contributed by atoms with E-state index in [-0.39, 0.29) is 34.4 Å². The van der Waals surface area contributed by atoms with Gasteiger partial charge in [0.15, 0.2) is 0 Å². The monoisotopic (exact) mass is 828 g/mol. The van der Waals surface area contributed by atoms with E-state index >= 15 is 0 Å². The maximum atomic E-state index is 13.9. The number of carbonyl (C=O) groups excluding carboxylic acids is 1. The third-order valence-electron chi connectivity index (χ3n) is 11.4. The molecule has 0 saturated carbocycles. The summed E-state index contributed by atoms with van der Waals surface area (Å²) >= 11 is 0. The Morgan fingerprint density at radius 3 is 2.50 bits per heavy atom. The normalized spacial score (nSPS) is 16.2. The second-order valence-electron chi connectivity index (χ2n) is 16.4. The lowest BCUT2D eigenvalue weighted by molar-refractivity contribution is -0.384. The molecule has 4 heterocycles. The molecule has 2 aliphatic rings. The van der Waals surface area contributed by atoms with Gasteiger partial charge < -0.3 is 24.7 Å². The number of anilines is 2. The van der Waals surface area contributed by atoms with Gasteiger partial charge in [-0.05, 0) is 108 Å². The van der Waals surface area contributed by atoms with Gasteiger partial charge >= 0.3 is 0 Å². The zero-order valence-corrected chi connectivity index (χ0v) is 34.6. The van der Waals surface area contributed by atoms with Gasteiger partial charge in [0.05, 0.1) is 27.6 Å². The van der Waals surface area contributed by atoms with Gasteiger partial charge in [0, 0.05) is 49.6 Å². The van der Waals surface area contributed by atoms with Crippen LogP contribution in [0.15, 0.2) is 114 Å². The second kappa shape index (κ2) is 16.8. The zero-order chi connectivity index (χ0) is 42.0. The van der Waals surface area contributed by atoms with Gasteiger partial charge in [-0.25, -0.2) is 18.1 Å². The zero-order valence-electron chi connectivity index (χ0n) is 33.8. The van der Waals surface area contributed by atoms with Crippen molar-refractivity contribution < 1.29 is 27.6 Å². The van der Waals surface area contributed by atoms with Crippen molar-refractivity contribution >= 4 is 44.0 Å². The number of hydrogen-bond donors (Lipinski definition) is 3. The number of fused-ring (bicyclic) bond motifs is 1. The number of sulfonamides is 1. The summed E-state index contributed by atoms with van der Waals surface area (Å²) < 4.78 is 41.1. The summed E-state index contributed by atoms with van der Waals surface area (Å²) in [6, 6.07) is 29.3. The predicted molar refractivity (Wildman–Crippen MR) is 232 cm³/mol. The van der Waals surface area contributed by atoms with E-state index in [1.165, 1.54) is 35.5 Å². The molecule has 0 aliphatic carbocycles. The van der Waals surface area contributed by atoms with Crippen molar-refractivity contribution in [2.24, 2.45) is 5.92 Å². The van der Waals surface area contributed by atoms with Gasteiger partial charge in [0.25, 0.3) is 21.6 Å². The highest BCUT2D eigenvalue weighted by molar-refractivity contribution is 7.90. The lowest BCUT2D eigenvalue weighted by Crippen LogP contribution is -2.31. The van der Waals surface area contributed by atoms with Gasteiger partial charge in [0.1, 0.15) is 22.8 Å². The Kier molecular flexibility index (Phi) is 11.3. The smallest absolute Gasteiger partial charge is 0.293 e. The maximum Gasteiger partial charge on any atom is 0.293 e. The first kappa shape index (κ1) is 40.5. The number of amides is 1. The SMILES string of the molecule is CC(C)(C)c1ccccc1C1CCCN1c1ccc(-c2ccc(C(=O)NS(=O)(=O)c3ccc(NCC4CCOCC4)c([N+](=O)[O-])c3)c(Oc3cnc4[nH]ccc4c3)c2)cc1. The van der Waals surface area contributed by atoms with Gasteiger partial charge in [0.2, 0.25) is 0 Å². The van der Waals surface area contributed by atoms with Crippen molar-refractivity contribution in [3.8, 4) is 22.6 Å². The molecule has 2 aliphatic heterocycles. The molecule has 4 aromatic carbocycles. The summed E-state index contributed by atoms with van der Waals surface area (Å²) in [5.74, 6) is -0.268. The molecular formula is C46H48N6O7S. The van der Waals surface area contributed by atoms with E-state index in [0.717, 1.165) is 60.5 Å². The number of ether oxygens (including phenoxy) is 2. The Morgan fingerprint density at radius 2 is 1.73 bits per heavy atom. The van der Waals surface area contributed by atoms with Crippen LogP contribution in [0, 0.1) is 16.0 Å². The molecule has 1 unspecified atom stereocenters. The van der Waals surface area contributed by atoms with Crippen molar-refractivity contribution in [1.82, 2.24) is 14.7 Å². The number of nitrogens with zero attached hydrogens (tertiary/aromatic N) is 3. The van der Waals surface area contributed by atoms with Crippen LogP contribution in [0.5, 0.6) is 11.5 Å². The molecular weight excluding hydrogens is 781 g/mol. The summed E-state index contributed by atoms with van der Waals surface area (Å²) in [6.07, 6.45) is 7.06. The number of pyridine rings is 1. The summed E-state index contributed by atoms with van der Waals surface area (Å²) in [6.45, 7) is 9.43. The van der Waals surface area contributed by atoms with E-state index in [2.05, 4.69) is 82.1 Å². The van der Waals surface area contributed by atoms with Crippen LogP contribution in [0.1, 0.15) is 74.0 Å². The largest absolute Gasteiger partial charge is 0.455 e. The lowest BCUT2D eigenvalue weighted by atomic mass is 9.81. The van der Waals surface area contributed by atoms with Crippen molar-refractivity contribution in [3.05, 3.63) is 136 Å². The highest BCUT2D eigenvalue weighted by atomic mass is 32.2. The summed E-state index contributed by atoms with van der Waals surface area (Å²) in [7, 11) is -4.56. The second-order valence-corrected chi connectivity index (χ2v) is 18.1. The molecule has 8 rings (SSSR count). The van der Waals surface area contributed by atoms with E-state index in [4.69, 9.17) is 9.47 Å². The van der Waals surface area contributed by atoms with Crippen molar-refractivity contribution in [1.29, 1.82) is 0 Å². The summed E-state index contributed by atoms with van der Waals surface area (Å²) in [4.78, 5) is 34.8. The number of rotatable bonds is 12. The average molecular weight is 829 g/mol. The minimum atomic E-state index is -4.56. The van der Waals surface area contributed by atoms with E-state index in [1.54, 1.807) is 24.4 Å². The molecule has 1 atom stereocenters. The topological polar surface area (TPSA) is 169 Å². The first-order chi connectivity index (χ1) is 28.8. The molecule has 0 spiro atoms.